The van der Waals surface area contributed by atoms with Gasteiger partial charge in [-0.3, -0.25) is 4.79 Å². The molecule has 4 nitrogen and oxygen atoms in total. The summed E-state index contributed by atoms with van der Waals surface area (Å²) < 4.78 is 0. The van der Waals surface area contributed by atoms with E-state index in [1.54, 1.807) is 5.55 Å². The monoisotopic (exact) mass is 348 g/mol. The van der Waals surface area contributed by atoms with Crippen molar-refractivity contribution in [2.45, 2.75) is 52.4 Å². The highest BCUT2D eigenvalue weighted by Gasteiger charge is 2.26. The fourth-order valence-electron chi connectivity index (χ4n) is 2.38. The van der Waals surface area contributed by atoms with Gasteiger partial charge in [-0.15, -0.1) is 0 Å². The summed E-state index contributed by atoms with van der Waals surface area (Å²) in [5, 5.41) is 10.7. The minimum atomic E-state index is -0.201. The number of phenolic OH excluding ortho intramolecular Hbond substituents is 1. The smallest absolute Gasteiger partial charge is 0.284 e. The van der Waals surface area contributed by atoms with E-state index in [0.717, 1.165) is 16.7 Å². The van der Waals surface area contributed by atoms with Gasteiger partial charge in [0.2, 0.25) is 0 Å². The van der Waals surface area contributed by atoms with Gasteiger partial charge in [0.05, 0.1) is 10.5 Å². The second-order valence-corrected chi connectivity index (χ2v) is 8.52. The lowest BCUT2D eigenvalue weighted by Gasteiger charge is -2.28. The summed E-state index contributed by atoms with van der Waals surface area (Å²) >= 11 is 1.33. The average molecular weight is 349 g/mol. The Labute approximate surface area is 149 Å². The second kappa shape index (κ2) is 7.53. The van der Waals surface area contributed by atoms with Gasteiger partial charge in [0.1, 0.15) is 5.75 Å². The van der Waals surface area contributed by atoms with Gasteiger partial charge in [-0.1, -0.05) is 53.3 Å². The quantitative estimate of drug-likeness (QED) is 0.746. The molecule has 1 aromatic carbocycles. The molecule has 0 saturated heterocycles. The Morgan fingerprint density at radius 3 is 1.83 bits per heavy atom. The summed E-state index contributed by atoms with van der Waals surface area (Å²) in [4.78, 5) is 16.0. The van der Waals surface area contributed by atoms with Crippen LogP contribution in [-0.2, 0) is 15.6 Å². The first kappa shape index (κ1) is 20.5. The third kappa shape index (κ3) is 4.71. The van der Waals surface area contributed by atoms with Gasteiger partial charge >= 0.3 is 0 Å². The van der Waals surface area contributed by atoms with Crippen molar-refractivity contribution in [3.8, 4) is 5.75 Å². The minimum Gasteiger partial charge on any atom is -0.507 e. The number of carbonyl (C=O) groups is 1. The third-order valence-electron chi connectivity index (χ3n) is 3.61. The van der Waals surface area contributed by atoms with Crippen LogP contribution >= 0.6 is 11.8 Å². The van der Waals surface area contributed by atoms with E-state index in [1.165, 1.54) is 18.8 Å². The Kier molecular flexibility index (Phi) is 6.42. The first-order valence-corrected chi connectivity index (χ1v) is 8.79. The van der Waals surface area contributed by atoms with Gasteiger partial charge in [-0.05, 0) is 41.6 Å². The predicted octanol–water partition coefficient (Wildman–Crippen LogP) is 4.20. The number of aromatic hydroxyl groups is 1. The zero-order valence-electron chi connectivity index (χ0n) is 15.6. The van der Waals surface area contributed by atoms with E-state index < -0.39 is 0 Å². The third-order valence-corrected chi connectivity index (χ3v) is 4.36. The molecular formula is C19H28N2O2S. The van der Waals surface area contributed by atoms with E-state index in [9.17, 15) is 9.90 Å². The number of hydrogen-bond donors (Lipinski definition) is 2. The van der Waals surface area contributed by atoms with E-state index in [1.807, 2.05) is 18.2 Å². The van der Waals surface area contributed by atoms with Crippen LogP contribution in [0.3, 0.4) is 0 Å². The van der Waals surface area contributed by atoms with Crippen molar-refractivity contribution in [1.29, 1.82) is 0 Å². The Morgan fingerprint density at radius 2 is 1.50 bits per heavy atom. The van der Waals surface area contributed by atoms with Crippen molar-refractivity contribution in [3.05, 3.63) is 33.7 Å². The lowest BCUT2D eigenvalue weighted by Crippen LogP contribution is -2.17. The molecule has 0 spiro atoms. The highest BCUT2D eigenvalue weighted by Crippen LogP contribution is 2.40. The molecule has 24 heavy (non-hydrogen) atoms. The summed E-state index contributed by atoms with van der Waals surface area (Å²) in [5.74, 6) is 0.150. The first-order valence-electron chi connectivity index (χ1n) is 7.91. The molecule has 0 atom stereocenters. The van der Waals surface area contributed by atoms with Crippen LogP contribution in [0, 0.1) is 0 Å². The van der Waals surface area contributed by atoms with Crippen molar-refractivity contribution in [3.63, 3.8) is 0 Å². The van der Waals surface area contributed by atoms with Gasteiger partial charge in [0.15, 0.2) is 0 Å². The molecule has 0 radical (unpaired) electrons. The van der Waals surface area contributed by atoms with E-state index in [4.69, 9.17) is 0 Å². The number of benzene rings is 1. The Bertz CT molecular complexity index is 643. The molecule has 1 aromatic rings. The predicted molar refractivity (Wildman–Crippen MR) is 105 cm³/mol. The summed E-state index contributed by atoms with van der Waals surface area (Å²) in [6.07, 6.45) is 1.85. The van der Waals surface area contributed by atoms with Crippen molar-refractivity contribution in [2.24, 2.45) is 10.7 Å². The molecule has 1 amide bonds. The molecule has 0 bridgehead atoms. The molecule has 1 heterocycles. The molecule has 0 aromatic heterocycles. The number of amides is 1. The molecule has 0 unspecified atom stereocenters. The van der Waals surface area contributed by atoms with Crippen LogP contribution in [0.1, 0.15) is 58.2 Å². The van der Waals surface area contributed by atoms with Gasteiger partial charge in [0, 0.05) is 11.1 Å². The SMILES string of the molecule is CC(C)(C)c1cc(/C=C2\SC=NC2=O)cc(C(C)(C)C)c1O.CN. The van der Waals surface area contributed by atoms with Gasteiger partial charge in [0.25, 0.3) is 5.91 Å². The first-order chi connectivity index (χ1) is 11.0. The molecule has 132 valence electrons. The van der Waals surface area contributed by atoms with Crippen molar-refractivity contribution in [1.82, 2.24) is 0 Å². The molecule has 0 saturated carbocycles. The summed E-state index contributed by atoms with van der Waals surface area (Å²) in [7, 11) is 1.50. The summed E-state index contributed by atoms with van der Waals surface area (Å²) in [6.45, 7) is 12.4. The largest absolute Gasteiger partial charge is 0.507 e. The molecule has 0 aliphatic carbocycles. The molecule has 5 heteroatoms. The van der Waals surface area contributed by atoms with Crippen LogP contribution in [0.5, 0.6) is 5.75 Å². The number of hydrogen-bond acceptors (Lipinski definition) is 4. The maximum atomic E-state index is 11.7. The molecule has 1 aliphatic heterocycles. The van der Waals surface area contributed by atoms with Crippen LogP contribution in [0.15, 0.2) is 22.0 Å². The number of carbonyl (C=O) groups excluding carboxylic acids is 1. The van der Waals surface area contributed by atoms with Crippen molar-refractivity contribution >= 4 is 29.3 Å². The fourth-order valence-corrected chi connectivity index (χ4v) is 3.00. The second-order valence-electron chi connectivity index (χ2n) is 7.63. The van der Waals surface area contributed by atoms with E-state index in [2.05, 4.69) is 52.3 Å². The maximum Gasteiger partial charge on any atom is 0.284 e. The fraction of sp³-hybridized carbons (Fsp3) is 0.474. The van der Waals surface area contributed by atoms with Gasteiger partial charge in [-0.2, -0.15) is 0 Å². The molecule has 2 rings (SSSR count). The molecule has 0 fully saturated rings. The van der Waals surface area contributed by atoms with Crippen molar-refractivity contribution in [2.75, 3.05) is 7.05 Å². The highest BCUT2D eigenvalue weighted by atomic mass is 32.2. The topological polar surface area (TPSA) is 75.7 Å². The zero-order valence-corrected chi connectivity index (χ0v) is 16.4. The lowest BCUT2D eigenvalue weighted by molar-refractivity contribution is -0.113. The van der Waals surface area contributed by atoms with Crippen LogP contribution in [0.2, 0.25) is 0 Å². The van der Waals surface area contributed by atoms with Crippen LogP contribution in [0.4, 0.5) is 0 Å². The van der Waals surface area contributed by atoms with Gasteiger partial charge in [-0.25, -0.2) is 4.99 Å². The molecule has 3 N–H and O–H groups in total. The maximum absolute atomic E-state index is 11.7. The van der Waals surface area contributed by atoms with Crippen LogP contribution < -0.4 is 5.73 Å². The van der Waals surface area contributed by atoms with E-state index >= 15 is 0 Å². The Morgan fingerprint density at radius 1 is 1.04 bits per heavy atom. The van der Waals surface area contributed by atoms with Crippen molar-refractivity contribution < 1.29 is 9.90 Å². The highest BCUT2D eigenvalue weighted by molar-refractivity contribution is 8.16. The van der Waals surface area contributed by atoms with Crippen LogP contribution in [0.25, 0.3) is 6.08 Å². The number of phenols is 1. The normalized spacial score (nSPS) is 16.3. The van der Waals surface area contributed by atoms with Crippen LogP contribution in [-0.4, -0.2) is 23.6 Å². The number of nitrogens with zero attached hydrogens (tertiary/aromatic N) is 1. The summed E-state index contributed by atoms with van der Waals surface area (Å²) in [6, 6.07) is 3.92. The molecule has 1 aliphatic rings. The number of aliphatic imine (C=N–C) groups is 1. The number of rotatable bonds is 1. The minimum absolute atomic E-state index is 0.179. The number of thioether (sulfide) groups is 1. The zero-order chi connectivity index (χ0) is 18.7. The van der Waals surface area contributed by atoms with Gasteiger partial charge < -0.3 is 10.8 Å². The summed E-state index contributed by atoms with van der Waals surface area (Å²) in [5.41, 5.74) is 8.41. The number of nitrogens with two attached hydrogens (primary N) is 1. The standard InChI is InChI=1S/C18H23NO2S.CH5N/c1-17(2,3)12-7-11(9-14-16(21)19-10-22-14)8-13(15(12)20)18(4,5)6;1-2/h7-10,20H,1-6H3;2H2,1H3/b14-9-;. The van der Waals surface area contributed by atoms with E-state index in [-0.39, 0.29) is 16.7 Å². The average Bonchev–Trinajstić information content (AvgIpc) is 2.86. The van der Waals surface area contributed by atoms with E-state index in [0.29, 0.717) is 10.7 Å². The lowest BCUT2D eigenvalue weighted by atomic mass is 9.78. The molecular weight excluding hydrogens is 320 g/mol. The Hall–Kier alpha value is -1.59. The Balaban J connectivity index is 0.00000139.